The first kappa shape index (κ1) is 18.0. The van der Waals surface area contributed by atoms with Gasteiger partial charge in [0.2, 0.25) is 0 Å². The number of furan rings is 1. The zero-order valence-electron chi connectivity index (χ0n) is 12.8. The predicted octanol–water partition coefficient (Wildman–Crippen LogP) is 2.31. The van der Waals surface area contributed by atoms with Crippen LogP contribution in [0, 0.1) is 0 Å². The molecule has 1 aromatic heterocycles. The van der Waals surface area contributed by atoms with Crippen LogP contribution in [0.2, 0.25) is 0 Å². The van der Waals surface area contributed by atoms with Gasteiger partial charge in [0.1, 0.15) is 11.5 Å². The van der Waals surface area contributed by atoms with E-state index in [1.807, 2.05) is 0 Å². The van der Waals surface area contributed by atoms with Crippen LogP contribution in [0.15, 0.2) is 57.2 Å². The molecule has 24 heavy (non-hydrogen) atoms. The summed E-state index contributed by atoms with van der Waals surface area (Å²) >= 11 is 3.30. The summed E-state index contributed by atoms with van der Waals surface area (Å²) in [5, 5.41) is 14.0. The van der Waals surface area contributed by atoms with Crippen molar-refractivity contribution < 1.29 is 19.1 Å². The van der Waals surface area contributed by atoms with E-state index in [0.717, 1.165) is 4.47 Å². The minimum atomic E-state index is -0.455. The van der Waals surface area contributed by atoms with Crippen molar-refractivity contribution in [2.75, 3.05) is 13.2 Å². The van der Waals surface area contributed by atoms with E-state index in [-0.39, 0.29) is 12.3 Å². The Morgan fingerprint density at radius 1 is 1.25 bits per heavy atom. The number of carbonyl (C=O) groups is 2. The third kappa shape index (κ3) is 5.36. The van der Waals surface area contributed by atoms with Crippen LogP contribution in [-0.4, -0.2) is 30.1 Å². The van der Waals surface area contributed by atoms with Crippen LogP contribution in [0.5, 0.6) is 0 Å². The fourth-order valence-electron chi connectivity index (χ4n) is 1.87. The van der Waals surface area contributed by atoms with Gasteiger partial charge < -0.3 is 20.2 Å². The second-order valence-electron chi connectivity index (χ2n) is 4.87. The van der Waals surface area contributed by atoms with Crippen molar-refractivity contribution in [2.45, 2.75) is 6.42 Å². The highest BCUT2D eigenvalue weighted by atomic mass is 79.9. The Hall–Kier alpha value is -2.38. The van der Waals surface area contributed by atoms with Crippen LogP contribution in [0.25, 0.3) is 6.08 Å². The summed E-state index contributed by atoms with van der Waals surface area (Å²) in [6, 6.07) is 10.2. The lowest BCUT2D eigenvalue weighted by molar-refractivity contribution is -0.117. The molecule has 0 aliphatic carbocycles. The topological polar surface area (TPSA) is 91.6 Å². The van der Waals surface area contributed by atoms with Crippen molar-refractivity contribution in [1.82, 2.24) is 10.6 Å². The number of rotatable bonds is 7. The molecule has 0 bridgehead atoms. The summed E-state index contributed by atoms with van der Waals surface area (Å²) < 4.78 is 5.95. The summed E-state index contributed by atoms with van der Waals surface area (Å²) in [6.45, 7) is 0.277. The molecule has 3 N–H and O–H groups in total. The van der Waals surface area contributed by atoms with Gasteiger partial charge in [0.15, 0.2) is 0 Å². The van der Waals surface area contributed by atoms with Crippen molar-refractivity contribution in [2.24, 2.45) is 0 Å². The van der Waals surface area contributed by atoms with Gasteiger partial charge in [-0.05, 0) is 36.8 Å². The number of halogens is 1. The van der Waals surface area contributed by atoms with Gasteiger partial charge in [-0.3, -0.25) is 9.59 Å². The van der Waals surface area contributed by atoms with E-state index in [2.05, 4.69) is 26.6 Å². The Morgan fingerprint density at radius 3 is 2.75 bits per heavy atom. The minimum Gasteiger partial charge on any atom is -0.465 e. The molecule has 2 rings (SSSR count). The van der Waals surface area contributed by atoms with E-state index in [0.29, 0.717) is 24.3 Å². The second-order valence-corrected chi connectivity index (χ2v) is 5.79. The molecule has 2 amide bonds. The lowest BCUT2D eigenvalue weighted by Crippen LogP contribution is -2.35. The first-order valence-electron chi connectivity index (χ1n) is 7.31. The average molecular weight is 393 g/mol. The van der Waals surface area contributed by atoms with Crippen molar-refractivity contribution in [3.8, 4) is 0 Å². The van der Waals surface area contributed by atoms with E-state index in [1.165, 1.54) is 12.3 Å². The molecule has 6 nitrogen and oxygen atoms in total. The number of hydrogen-bond acceptors (Lipinski definition) is 4. The summed E-state index contributed by atoms with van der Waals surface area (Å²) in [7, 11) is 0. The van der Waals surface area contributed by atoms with E-state index in [4.69, 9.17) is 9.52 Å². The van der Waals surface area contributed by atoms with Gasteiger partial charge in [-0.1, -0.05) is 22.0 Å². The normalized spacial score (nSPS) is 11.2. The molecule has 7 heteroatoms. The fraction of sp³-hybridized carbons (Fsp3) is 0.176. The van der Waals surface area contributed by atoms with Crippen LogP contribution in [0.4, 0.5) is 0 Å². The Bertz CT molecular complexity index is 726. The number of hydrogen-bond donors (Lipinski definition) is 3. The van der Waals surface area contributed by atoms with Gasteiger partial charge in [0.05, 0.1) is 6.26 Å². The maximum absolute atomic E-state index is 12.3. The number of aliphatic hydroxyl groups is 1. The van der Waals surface area contributed by atoms with Gasteiger partial charge in [0, 0.05) is 29.3 Å². The van der Waals surface area contributed by atoms with Crippen molar-refractivity contribution in [3.05, 3.63) is 64.2 Å². The SMILES string of the molecule is O=C(NCCCO)C(=Cc1ccco1)NC(=O)c1cccc(Br)c1. The van der Waals surface area contributed by atoms with Gasteiger partial charge in [0.25, 0.3) is 11.8 Å². The first-order valence-corrected chi connectivity index (χ1v) is 8.10. The summed E-state index contributed by atoms with van der Waals surface area (Å²) in [5.74, 6) is -0.425. The lowest BCUT2D eigenvalue weighted by Gasteiger charge is -2.10. The van der Waals surface area contributed by atoms with Crippen LogP contribution < -0.4 is 10.6 Å². The summed E-state index contributed by atoms with van der Waals surface area (Å²) in [4.78, 5) is 24.6. The molecule has 1 heterocycles. The van der Waals surface area contributed by atoms with Crippen LogP contribution in [-0.2, 0) is 4.79 Å². The largest absolute Gasteiger partial charge is 0.465 e. The maximum Gasteiger partial charge on any atom is 0.267 e. The molecule has 0 aliphatic heterocycles. The highest BCUT2D eigenvalue weighted by Gasteiger charge is 2.15. The third-order valence-electron chi connectivity index (χ3n) is 3.03. The zero-order chi connectivity index (χ0) is 17.4. The van der Waals surface area contributed by atoms with Crippen LogP contribution in [0.1, 0.15) is 22.5 Å². The van der Waals surface area contributed by atoms with Gasteiger partial charge >= 0.3 is 0 Å². The Labute approximate surface area is 147 Å². The molecule has 0 atom stereocenters. The molecular formula is C17H17BrN2O4. The van der Waals surface area contributed by atoms with Gasteiger partial charge in [-0.25, -0.2) is 0 Å². The van der Waals surface area contributed by atoms with Crippen molar-refractivity contribution >= 4 is 33.8 Å². The fourth-order valence-corrected chi connectivity index (χ4v) is 2.27. The Balaban J connectivity index is 2.16. The zero-order valence-corrected chi connectivity index (χ0v) is 14.4. The Morgan fingerprint density at radius 2 is 2.08 bits per heavy atom. The molecule has 0 spiro atoms. The standard InChI is InChI=1S/C17H17BrN2O4/c18-13-5-1-4-12(10-13)16(22)20-15(11-14-6-2-9-24-14)17(23)19-7-3-8-21/h1-2,4-6,9-11,21H,3,7-8H2,(H,19,23)(H,20,22). The molecule has 0 unspecified atom stereocenters. The van der Waals surface area contributed by atoms with E-state index in [1.54, 1.807) is 36.4 Å². The second kappa shape index (κ2) is 9.05. The Kier molecular flexibility index (Phi) is 6.77. The highest BCUT2D eigenvalue weighted by Crippen LogP contribution is 2.12. The maximum atomic E-state index is 12.3. The molecule has 0 aliphatic rings. The van der Waals surface area contributed by atoms with Crippen molar-refractivity contribution in [3.63, 3.8) is 0 Å². The number of aliphatic hydroxyl groups excluding tert-OH is 1. The average Bonchev–Trinajstić information content (AvgIpc) is 3.07. The molecule has 0 saturated heterocycles. The summed E-state index contributed by atoms with van der Waals surface area (Å²) in [6.07, 6.45) is 3.35. The van der Waals surface area contributed by atoms with Crippen LogP contribution >= 0.6 is 15.9 Å². The highest BCUT2D eigenvalue weighted by molar-refractivity contribution is 9.10. The number of amides is 2. The molecule has 126 valence electrons. The smallest absolute Gasteiger partial charge is 0.267 e. The van der Waals surface area contributed by atoms with Crippen molar-refractivity contribution in [1.29, 1.82) is 0 Å². The summed E-state index contributed by atoms with van der Waals surface area (Å²) in [5.41, 5.74) is 0.478. The minimum absolute atomic E-state index is 0.0259. The molecule has 0 radical (unpaired) electrons. The van der Waals surface area contributed by atoms with E-state index >= 15 is 0 Å². The van der Waals surface area contributed by atoms with E-state index in [9.17, 15) is 9.59 Å². The monoisotopic (exact) mass is 392 g/mol. The van der Waals surface area contributed by atoms with Crippen LogP contribution in [0.3, 0.4) is 0 Å². The molecule has 0 fully saturated rings. The molecule has 0 saturated carbocycles. The number of carbonyl (C=O) groups excluding carboxylic acids is 2. The molecule has 2 aromatic rings. The van der Waals surface area contributed by atoms with Gasteiger partial charge in [-0.2, -0.15) is 0 Å². The molecular weight excluding hydrogens is 376 g/mol. The quantitative estimate of drug-likeness (QED) is 0.497. The van der Waals surface area contributed by atoms with E-state index < -0.39 is 11.8 Å². The third-order valence-corrected chi connectivity index (χ3v) is 3.52. The predicted molar refractivity (Wildman–Crippen MR) is 93.0 cm³/mol. The molecule has 1 aromatic carbocycles. The number of benzene rings is 1. The lowest BCUT2D eigenvalue weighted by atomic mass is 10.2. The number of nitrogens with one attached hydrogen (secondary N) is 2. The van der Waals surface area contributed by atoms with Gasteiger partial charge in [-0.15, -0.1) is 0 Å². The first-order chi connectivity index (χ1) is 11.6.